The number of nitrogens with zero attached hydrogens (tertiary/aromatic N) is 3. The summed E-state index contributed by atoms with van der Waals surface area (Å²) in [5.41, 5.74) is 1.80. The molecule has 0 aromatic carbocycles. The Bertz CT molecular complexity index is 468. The molecule has 10 heteroatoms. The summed E-state index contributed by atoms with van der Waals surface area (Å²) in [7, 11) is -1.01. The highest BCUT2D eigenvalue weighted by Crippen LogP contribution is 2.28. The van der Waals surface area contributed by atoms with Gasteiger partial charge in [0.15, 0.2) is 0 Å². The second kappa shape index (κ2) is 6.21. The highest BCUT2D eigenvalue weighted by Gasteiger charge is 2.23. The van der Waals surface area contributed by atoms with Gasteiger partial charge in [0.1, 0.15) is 6.33 Å². The van der Waals surface area contributed by atoms with E-state index in [9.17, 15) is 14.3 Å². The number of aromatic nitrogens is 2. The lowest BCUT2D eigenvalue weighted by atomic mass is 10.3. The van der Waals surface area contributed by atoms with E-state index < -0.39 is 15.7 Å². The normalized spacial score (nSPS) is 13.7. The number of hydrogen-bond acceptors (Lipinski definition) is 8. The third-order valence-electron chi connectivity index (χ3n) is 2.01. The smallest absolute Gasteiger partial charge is 0.354 e. The molecule has 18 heavy (non-hydrogen) atoms. The fraction of sp³-hybridized carbons (Fsp3) is 0.500. The Kier molecular flexibility index (Phi) is 4.92. The summed E-state index contributed by atoms with van der Waals surface area (Å²) >= 11 is 0. The quantitative estimate of drug-likeness (QED) is 0.370. The Labute approximate surface area is 106 Å². The monoisotopic (exact) mass is 274 g/mol. The average molecular weight is 274 g/mol. The van der Waals surface area contributed by atoms with Crippen LogP contribution in [0, 0.1) is 10.1 Å². The summed E-state index contributed by atoms with van der Waals surface area (Å²) in [4.78, 5) is 17.8. The van der Waals surface area contributed by atoms with Crippen LogP contribution < -0.4 is 16.6 Å². The van der Waals surface area contributed by atoms with Crippen molar-refractivity contribution in [2.24, 2.45) is 5.84 Å². The Morgan fingerprint density at radius 2 is 2.17 bits per heavy atom. The van der Waals surface area contributed by atoms with Crippen LogP contribution in [0.1, 0.15) is 6.92 Å². The first kappa shape index (κ1) is 14.3. The Morgan fingerprint density at radius 1 is 1.56 bits per heavy atom. The Hall–Kier alpha value is -1.81. The van der Waals surface area contributed by atoms with Crippen LogP contribution in [0.4, 0.5) is 17.3 Å². The number of nitro groups is 1. The Morgan fingerprint density at radius 3 is 2.67 bits per heavy atom. The van der Waals surface area contributed by atoms with E-state index >= 15 is 0 Å². The zero-order valence-electron chi connectivity index (χ0n) is 9.91. The summed E-state index contributed by atoms with van der Waals surface area (Å²) in [6.07, 6.45) is 2.71. The van der Waals surface area contributed by atoms with Gasteiger partial charge in [0, 0.05) is 28.9 Å². The topological polar surface area (TPSA) is 136 Å². The number of nitrogens with two attached hydrogens (primary N) is 1. The van der Waals surface area contributed by atoms with Crippen molar-refractivity contribution in [3.63, 3.8) is 0 Å². The summed E-state index contributed by atoms with van der Waals surface area (Å²) in [6.45, 7) is 1.75. The molecular weight excluding hydrogens is 260 g/mol. The van der Waals surface area contributed by atoms with E-state index in [1.165, 1.54) is 0 Å². The molecule has 0 aliphatic heterocycles. The zero-order valence-corrected chi connectivity index (χ0v) is 10.7. The lowest BCUT2D eigenvalue weighted by molar-refractivity contribution is -0.383. The number of anilines is 2. The molecule has 2 atom stereocenters. The minimum atomic E-state index is -1.01. The molecule has 0 bridgehead atoms. The molecule has 0 radical (unpaired) electrons. The molecule has 1 aromatic heterocycles. The van der Waals surface area contributed by atoms with Crippen molar-refractivity contribution in [1.29, 1.82) is 0 Å². The van der Waals surface area contributed by atoms with E-state index in [0.717, 1.165) is 6.33 Å². The van der Waals surface area contributed by atoms with Gasteiger partial charge in [0.25, 0.3) is 0 Å². The average Bonchev–Trinajstić information content (AvgIpc) is 2.26. The highest BCUT2D eigenvalue weighted by atomic mass is 32.2. The van der Waals surface area contributed by atoms with Gasteiger partial charge in [0.2, 0.25) is 11.6 Å². The first-order chi connectivity index (χ1) is 8.45. The van der Waals surface area contributed by atoms with E-state index in [0.29, 0.717) is 5.75 Å². The number of hydrazine groups is 1. The molecule has 0 spiro atoms. The molecule has 1 heterocycles. The van der Waals surface area contributed by atoms with E-state index in [-0.39, 0.29) is 23.4 Å². The third kappa shape index (κ3) is 3.60. The molecule has 1 rings (SSSR count). The van der Waals surface area contributed by atoms with Crippen molar-refractivity contribution >= 4 is 28.1 Å². The third-order valence-corrected chi connectivity index (χ3v) is 2.98. The minimum absolute atomic E-state index is 0.0425. The molecule has 2 unspecified atom stereocenters. The van der Waals surface area contributed by atoms with Crippen LogP contribution in [0.25, 0.3) is 0 Å². The van der Waals surface area contributed by atoms with Gasteiger partial charge in [-0.1, -0.05) is 0 Å². The van der Waals surface area contributed by atoms with Crippen LogP contribution >= 0.6 is 0 Å². The lowest BCUT2D eigenvalue weighted by Crippen LogP contribution is -2.24. The van der Waals surface area contributed by atoms with E-state index in [1.54, 1.807) is 13.2 Å². The molecule has 0 amide bonds. The van der Waals surface area contributed by atoms with Crippen LogP contribution in [0.5, 0.6) is 0 Å². The summed E-state index contributed by atoms with van der Waals surface area (Å²) in [6, 6.07) is -0.227. The maximum atomic E-state index is 11.1. The molecule has 1 aromatic rings. The summed E-state index contributed by atoms with van der Waals surface area (Å²) in [5, 5.41) is 13.8. The zero-order chi connectivity index (χ0) is 13.7. The summed E-state index contributed by atoms with van der Waals surface area (Å²) in [5.74, 6) is 5.46. The van der Waals surface area contributed by atoms with Crippen molar-refractivity contribution in [3.8, 4) is 0 Å². The van der Waals surface area contributed by atoms with E-state index in [4.69, 9.17) is 5.84 Å². The number of rotatable bonds is 6. The van der Waals surface area contributed by atoms with Crippen molar-refractivity contribution in [3.05, 3.63) is 16.4 Å². The van der Waals surface area contributed by atoms with Gasteiger partial charge in [-0.15, -0.1) is 0 Å². The first-order valence-electron chi connectivity index (χ1n) is 4.98. The molecule has 4 N–H and O–H groups in total. The standard InChI is InChI=1S/C8H14N6O3S/c1-5(3-18(2)17)12-7-6(14(15)16)8(13-9)11-4-10-7/h4-5H,3,9H2,1-2H3,(H2,10,11,12,13). The van der Waals surface area contributed by atoms with Crippen molar-refractivity contribution in [1.82, 2.24) is 9.97 Å². The maximum absolute atomic E-state index is 11.1. The fourth-order valence-corrected chi connectivity index (χ4v) is 2.18. The lowest BCUT2D eigenvalue weighted by Gasteiger charge is -2.13. The molecule has 0 fully saturated rings. The van der Waals surface area contributed by atoms with Crippen LogP contribution in [-0.4, -0.2) is 37.2 Å². The number of nitrogen functional groups attached to an aromatic ring is 1. The van der Waals surface area contributed by atoms with E-state index in [2.05, 4.69) is 20.7 Å². The second-order valence-electron chi connectivity index (χ2n) is 3.61. The van der Waals surface area contributed by atoms with Gasteiger partial charge < -0.3 is 10.7 Å². The second-order valence-corrected chi connectivity index (χ2v) is 5.09. The molecule has 0 aliphatic carbocycles. The molecular formula is C8H14N6O3S. The highest BCUT2D eigenvalue weighted by molar-refractivity contribution is 7.84. The van der Waals surface area contributed by atoms with Gasteiger partial charge in [0.05, 0.1) is 4.92 Å². The maximum Gasteiger partial charge on any atom is 0.354 e. The van der Waals surface area contributed by atoms with E-state index in [1.807, 2.05) is 0 Å². The van der Waals surface area contributed by atoms with Crippen LogP contribution in [0.2, 0.25) is 0 Å². The molecule has 0 saturated heterocycles. The fourth-order valence-electron chi connectivity index (χ4n) is 1.39. The summed E-state index contributed by atoms with van der Waals surface area (Å²) < 4.78 is 11.1. The number of nitrogens with one attached hydrogen (secondary N) is 2. The largest absolute Gasteiger partial charge is 0.361 e. The van der Waals surface area contributed by atoms with Crippen LogP contribution in [-0.2, 0) is 10.8 Å². The van der Waals surface area contributed by atoms with Crippen molar-refractivity contribution in [2.75, 3.05) is 22.8 Å². The van der Waals surface area contributed by atoms with Gasteiger partial charge in [-0.2, -0.15) is 0 Å². The predicted octanol–water partition coefficient (Wildman–Crippen LogP) is -0.151. The van der Waals surface area contributed by atoms with Gasteiger partial charge in [-0.05, 0) is 6.92 Å². The van der Waals surface area contributed by atoms with Gasteiger partial charge >= 0.3 is 5.69 Å². The van der Waals surface area contributed by atoms with Gasteiger partial charge in [-0.3, -0.25) is 14.3 Å². The molecule has 100 valence electrons. The van der Waals surface area contributed by atoms with Crippen molar-refractivity contribution in [2.45, 2.75) is 13.0 Å². The van der Waals surface area contributed by atoms with Gasteiger partial charge in [-0.25, -0.2) is 15.8 Å². The Balaban J connectivity index is 3.01. The van der Waals surface area contributed by atoms with Crippen LogP contribution in [0.15, 0.2) is 6.33 Å². The van der Waals surface area contributed by atoms with Crippen LogP contribution in [0.3, 0.4) is 0 Å². The molecule has 0 saturated carbocycles. The SMILES string of the molecule is CC(CS(C)=O)Nc1ncnc(NN)c1[N+](=O)[O-]. The van der Waals surface area contributed by atoms with Crippen molar-refractivity contribution < 1.29 is 9.13 Å². The minimum Gasteiger partial charge on any atom is -0.361 e. The molecule has 0 aliphatic rings. The molecule has 9 nitrogen and oxygen atoms in total. The first-order valence-corrected chi connectivity index (χ1v) is 6.71. The predicted molar refractivity (Wildman–Crippen MR) is 68.5 cm³/mol. The number of hydrogen-bond donors (Lipinski definition) is 3.